The molecule has 1 N–H and O–H groups in total. The number of rotatable bonds is 8. The average molecular weight is 583 g/mol. The number of hydrogen-bond acceptors (Lipinski definition) is 8. The van der Waals surface area contributed by atoms with Crippen LogP contribution in [0.15, 0.2) is 59.0 Å². The number of para-hydroxylation sites is 1. The molecule has 218 valence electrons. The van der Waals surface area contributed by atoms with Gasteiger partial charge in [-0.25, -0.2) is 12.7 Å². The lowest BCUT2D eigenvalue weighted by Gasteiger charge is -2.36. The van der Waals surface area contributed by atoms with Crippen LogP contribution in [0, 0.1) is 0 Å². The van der Waals surface area contributed by atoms with Gasteiger partial charge in [-0.05, 0) is 36.8 Å². The van der Waals surface area contributed by atoms with E-state index in [0.29, 0.717) is 57.1 Å². The molecule has 2 aromatic rings. The normalized spacial score (nSPS) is 22.8. The molecular weight excluding hydrogens is 548 g/mol. The van der Waals surface area contributed by atoms with Crippen molar-refractivity contribution in [3.8, 4) is 0 Å². The molecule has 12 heteroatoms. The van der Waals surface area contributed by atoms with Crippen molar-refractivity contribution in [2.75, 3.05) is 64.9 Å². The third-order valence-corrected chi connectivity index (χ3v) is 9.74. The van der Waals surface area contributed by atoms with Crippen LogP contribution in [0.25, 0.3) is 5.76 Å². The third kappa shape index (κ3) is 4.55. The molecule has 3 heterocycles. The van der Waals surface area contributed by atoms with E-state index in [9.17, 15) is 27.9 Å². The van der Waals surface area contributed by atoms with Gasteiger partial charge in [0.05, 0.1) is 29.4 Å². The molecule has 1 unspecified atom stereocenters. The molecule has 0 aromatic heterocycles. The number of likely N-dealkylation sites (tertiary alicyclic amines) is 1. The molecule has 0 bridgehead atoms. The standard InChI is InChI=1S/C29H34N4O7S/c1-4-13-32-23-8-6-5-7-22(23)29(28(32)37)24(25(34)20-9-11-21(12-10-20)41(38,39)30(2)3)26(35)27(36)33(29)15-14-31-16-18-40-19-17-31/h5-12,34H,4,13-19H2,1-3H3. The minimum atomic E-state index is -3.74. The van der Waals surface area contributed by atoms with Crippen LogP contribution >= 0.6 is 0 Å². The Morgan fingerprint density at radius 3 is 2.27 bits per heavy atom. The van der Waals surface area contributed by atoms with Crippen LogP contribution in [0.4, 0.5) is 5.69 Å². The molecule has 2 aromatic carbocycles. The van der Waals surface area contributed by atoms with Gasteiger partial charge in [-0.3, -0.25) is 19.3 Å². The molecule has 2 amide bonds. The lowest BCUT2D eigenvalue weighted by molar-refractivity contribution is -0.144. The number of hydrogen-bond donors (Lipinski definition) is 1. The number of carbonyl (C=O) groups excluding carboxylic acids is 3. The molecule has 41 heavy (non-hydrogen) atoms. The number of nitrogens with zero attached hydrogens (tertiary/aromatic N) is 4. The Balaban J connectivity index is 1.68. The highest BCUT2D eigenvalue weighted by molar-refractivity contribution is 7.89. The maximum atomic E-state index is 14.5. The van der Waals surface area contributed by atoms with Gasteiger partial charge < -0.3 is 19.6 Å². The van der Waals surface area contributed by atoms with Crippen LogP contribution in [-0.4, -0.2) is 105 Å². The monoisotopic (exact) mass is 582 g/mol. The Hall–Kier alpha value is -3.58. The Morgan fingerprint density at radius 2 is 1.63 bits per heavy atom. The quantitative estimate of drug-likeness (QED) is 0.283. The lowest BCUT2D eigenvalue weighted by atomic mass is 9.82. The van der Waals surface area contributed by atoms with Crippen LogP contribution in [0.5, 0.6) is 0 Å². The molecule has 1 atom stereocenters. The summed E-state index contributed by atoms with van der Waals surface area (Å²) < 4.78 is 31.6. The van der Waals surface area contributed by atoms with Crippen LogP contribution < -0.4 is 4.90 Å². The molecule has 0 aliphatic carbocycles. The minimum Gasteiger partial charge on any atom is -0.507 e. The fourth-order valence-corrected chi connectivity index (χ4v) is 6.72. The molecule has 5 rings (SSSR count). The highest BCUT2D eigenvalue weighted by Gasteiger charge is 2.67. The summed E-state index contributed by atoms with van der Waals surface area (Å²) >= 11 is 0. The second-order valence-electron chi connectivity index (χ2n) is 10.5. The van der Waals surface area contributed by atoms with E-state index in [0.717, 1.165) is 4.31 Å². The summed E-state index contributed by atoms with van der Waals surface area (Å²) in [5, 5.41) is 11.7. The summed E-state index contributed by atoms with van der Waals surface area (Å²) in [6.45, 7) is 5.21. The summed E-state index contributed by atoms with van der Waals surface area (Å²) in [5.41, 5.74) is -1.02. The largest absolute Gasteiger partial charge is 0.507 e. The Labute approximate surface area is 239 Å². The summed E-state index contributed by atoms with van der Waals surface area (Å²) in [6, 6.07) is 12.4. The van der Waals surface area contributed by atoms with Gasteiger partial charge in [0.25, 0.3) is 17.6 Å². The highest BCUT2D eigenvalue weighted by atomic mass is 32.2. The van der Waals surface area contributed by atoms with E-state index in [2.05, 4.69) is 4.90 Å². The fraction of sp³-hybridized carbons (Fsp3) is 0.414. The smallest absolute Gasteiger partial charge is 0.296 e. The number of aliphatic hydroxyl groups is 1. The first-order valence-electron chi connectivity index (χ1n) is 13.6. The number of ketones is 1. The minimum absolute atomic E-state index is 0.00358. The summed E-state index contributed by atoms with van der Waals surface area (Å²) in [5.74, 6) is -2.84. The molecule has 3 aliphatic rings. The number of benzene rings is 2. The Morgan fingerprint density at radius 1 is 0.976 bits per heavy atom. The van der Waals surface area contributed by atoms with Gasteiger partial charge in [-0.1, -0.05) is 25.1 Å². The third-order valence-electron chi connectivity index (χ3n) is 7.91. The molecule has 3 aliphatic heterocycles. The topological polar surface area (TPSA) is 128 Å². The van der Waals surface area contributed by atoms with Crippen LogP contribution in [0.1, 0.15) is 24.5 Å². The summed E-state index contributed by atoms with van der Waals surface area (Å²) in [7, 11) is -0.920. The van der Waals surface area contributed by atoms with E-state index in [1.54, 1.807) is 29.2 Å². The van der Waals surface area contributed by atoms with Gasteiger partial charge >= 0.3 is 0 Å². The fourth-order valence-electron chi connectivity index (χ4n) is 5.82. The SMILES string of the molecule is CCCN1C(=O)C2(C(=C(O)c3ccc(S(=O)(=O)N(C)C)cc3)C(=O)C(=O)N2CCN2CCOCC2)c2ccccc21. The van der Waals surface area contributed by atoms with Crippen molar-refractivity contribution in [1.29, 1.82) is 0 Å². The number of fused-ring (bicyclic) bond motifs is 2. The second-order valence-corrected chi connectivity index (χ2v) is 12.6. The van der Waals surface area contributed by atoms with Crippen molar-refractivity contribution in [2.45, 2.75) is 23.8 Å². The zero-order chi connectivity index (χ0) is 29.5. The number of aliphatic hydroxyl groups excluding tert-OH is 1. The molecule has 2 fully saturated rings. The van der Waals surface area contributed by atoms with Gasteiger partial charge in [0, 0.05) is 57.9 Å². The van der Waals surface area contributed by atoms with Crippen molar-refractivity contribution in [3.05, 3.63) is 65.2 Å². The van der Waals surface area contributed by atoms with E-state index in [-0.39, 0.29) is 22.6 Å². The molecular formula is C29H34N4O7S. The van der Waals surface area contributed by atoms with Crippen molar-refractivity contribution in [3.63, 3.8) is 0 Å². The van der Waals surface area contributed by atoms with E-state index in [4.69, 9.17) is 4.74 Å². The summed E-state index contributed by atoms with van der Waals surface area (Å²) in [4.78, 5) is 46.9. The zero-order valence-corrected chi connectivity index (χ0v) is 24.2. The zero-order valence-electron chi connectivity index (χ0n) is 23.4. The van der Waals surface area contributed by atoms with Crippen molar-refractivity contribution in [1.82, 2.24) is 14.1 Å². The van der Waals surface area contributed by atoms with Crippen LogP contribution in [0.3, 0.4) is 0 Å². The van der Waals surface area contributed by atoms with Gasteiger partial charge in [0.15, 0.2) is 5.54 Å². The molecule has 2 saturated heterocycles. The number of sulfonamides is 1. The first kappa shape index (κ1) is 28.9. The molecule has 11 nitrogen and oxygen atoms in total. The number of carbonyl (C=O) groups is 3. The Bertz CT molecular complexity index is 1510. The number of morpholine rings is 1. The lowest BCUT2D eigenvalue weighted by Crippen LogP contribution is -2.54. The first-order chi connectivity index (χ1) is 19.6. The van der Waals surface area contributed by atoms with Gasteiger partial charge in [0.1, 0.15) is 5.76 Å². The predicted octanol–water partition coefficient (Wildman–Crippen LogP) is 1.60. The van der Waals surface area contributed by atoms with Crippen molar-refractivity contribution in [2.24, 2.45) is 0 Å². The van der Waals surface area contributed by atoms with E-state index in [1.165, 1.54) is 43.3 Å². The average Bonchev–Trinajstić information content (AvgIpc) is 3.35. The van der Waals surface area contributed by atoms with Gasteiger partial charge in [-0.2, -0.15) is 0 Å². The van der Waals surface area contributed by atoms with E-state index >= 15 is 0 Å². The molecule has 1 spiro atoms. The van der Waals surface area contributed by atoms with Crippen LogP contribution in [-0.2, 0) is 34.7 Å². The Kier molecular flexibility index (Phi) is 7.77. The van der Waals surface area contributed by atoms with E-state index < -0.39 is 38.9 Å². The summed E-state index contributed by atoms with van der Waals surface area (Å²) in [6.07, 6.45) is 0.638. The maximum Gasteiger partial charge on any atom is 0.296 e. The second kappa shape index (κ2) is 11.0. The van der Waals surface area contributed by atoms with E-state index in [1.807, 2.05) is 6.92 Å². The van der Waals surface area contributed by atoms with Crippen molar-refractivity contribution >= 4 is 39.1 Å². The number of anilines is 1. The molecule has 0 saturated carbocycles. The maximum absolute atomic E-state index is 14.5. The van der Waals surface area contributed by atoms with Crippen LogP contribution in [0.2, 0.25) is 0 Å². The molecule has 0 radical (unpaired) electrons. The number of ether oxygens (including phenoxy) is 1. The highest BCUT2D eigenvalue weighted by Crippen LogP contribution is 2.53. The van der Waals surface area contributed by atoms with Crippen molar-refractivity contribution < 1.29 is 32.6 Å². The number of Topliss-reactive ketones (excluding diaryl/α,β-unsaturated/α-hetero) is 1. The first-order valence-corrected chi connectivity index (χ1v) is 15.0. The number of amides is 2. The van der Waals surface area contributed by atoms with Gasteiger partial charge in [0.2, 0.25) is 10.0 Å². The van der Waals surface area contributed by atoms with Gasteiger partial charge in [-0.15, -0.1) is 0 Å². The predicted molar refractivity (Wildman–Crippen MR) is 152 cm³/mol.